The number of piperidine rings is 1. The van der Waals surface area contributed by atoms with Gasteiger partial charge in [-0.3, -0.25) is 0 Å². The van der Waals surface area contributed by atoms with Crippen molar-refractivity contribution in [3.8, 4) is 0 Å². The normalized spacial score (nSPS) is 25.3. The number of carbonyl (C=O) groups excluding carboxylic acids is 1. The molecule has 1 saturated heterocycles. The van der Waals surface area contributed by atoms with Crippen molar-refractivity contribution in [3.63, 3.8) is 0 Å². The Balaban J connectivity index is 1.64. The van der Waals surface area contributed by atoms with Gasteiger partial charge in [-0.25, -0.2) is 4.79 Å². The summed E-state index contributed by atoms with van der Waals surface area (Å²) in [5, 5.41) is 3.10. The number of aryl methyl sites for hydroxylation is 2. The summed E-state index contributed by atoms with van der Waals surface area (Å²) in [4.78, 5) is 14.5. The molecule has 3 heteroatoms. The van der Waals surface area contributed by atoms with E-state index in [0.29, 0.717) is 0 Å². The van der Waals surface area contributed by atoms with Crippen LogP contribution in [0, 0.1) is 25.7 Å². The first-order chi connectivity index (χ1) is 10.1. The summed E-state index contributed by atoms with van der Waals surface area (Å²) >= 11 is 0. The fourth-order valence-corrected chi connectivity index (χ4v) is 3.85. The Labute approximate surface area is 127 Å². The Morgan fingerprint density at radius 3 is 2.71 bits per heavy atom. The van der Waals surface area contributed by atoms with Crippen molar-refractivity contribution in [2.75, 3.05) is 18.4 Å². The van der Waals surface area contributed by atoms with Crippen LogP contribution in [0.2, 0.25) is 0 Å². The van der Waals surface area contributed by atoms with Gasteiger partial charge in [0.25, 0.3) is 0 Å². The lowest BCUT2D eigenvalue weighted by Gasteiger charge is -2.41. The third-order valence-electron chi connectivity index (χ3n) is 5.21. The molecule has 0 radical (unpaired) electrons. The van der Waals surface area contributed by atoms with Crippen LogP contribution in [0.4, 0.5) is 10.5 Å². The van der Waals surface area contributed by atoms with Gasteiger partial charge in [-0.05, 0) is 55.7 Å². The van der Waals surface area contributed by atoms with Crippen LogP contribution in [0.15, 0.2) is 18.2 Å². The van der Waals surface area contributed by atoms with E-state index in [1.54, 1.807) is 0 Å². The van der Waals surface area contributed by atoms with Crippen LogP contribution in [0.3, 0.4) is 0 Å². The van der Waals surface area contributed by atoms with Crippen molar-refractivity contribution in [1.29, 1.82) is 0 Å². The number of fused-ring (bicyclic) bond motifs is 1. The van der Waals surface area contributed by atoms with Crippen LogP contribution < -0.4 is 5.32 Å². The van der Waals surface area contributed by atoms with E-state index in [1.165, 1.54) is 37.7 Å². The lowest BCUT2D eigenvalue weighted by molar-refractivity contribution is 0.108. The Bertz CT molecular complexity index is 526. The number of urea groups is 1. The molecule has 1 aliphatic carbocycles. The highest BCUT2D eigenvalue weighted by molar-refractivity contribution is 5.90. The van der Waals surface area contributed by atoms with Crippen LogP contribution in [0.1, 0.15) is 43.2 Å². The number of likely N-dealkylation sites (tertiary alicyclic amines) is 1. The minimum Gasteiger partial charge on any atom is -0.324 e. The van der Waals surface area contributed by atoms with Crippen LogP contribution >= 0.6 is 0 Å². The maximum atomic E-state index is 12.5. The molecular formula is C18H26N2O. The van der Waals surface area contributed by atoms with Crippen molar-refractivity contribution >= 4 is 11.7 Å². The third kappa shape index (κ3) is 3.22. The molecule has 0 spiro atoms. The second-order valence-electron chi connectivity index (χ2n) is 6.79. The quantitative estimate of drug-likeness (QED) is 0.818. The summed E-state index contributed by atoms with van der Waals surface area (Å²) < 4.78 is 0. The monoisotopic (exact) mass is 286 g/mol. The molecule has 0 aromatic heterocycles. The van der Waals surface area contributed by atoms with E-state index in [1.807, 2.05) is 11.8 Å². The Hall–Kier alpha value is -1.51. The van der Waals surface area contributed by atoms with Gasteiger partial charge in [0, 0.05) is 18.8 Å². The van der Waals surface area contributed by atoms with Crippen molar-refractivity contribution in [2.45, 2.75) is 46.0 Å². The van der Waals surface area contributed by atoms with E-state index in [2.05, 4.69) is 30.4 Å². The SMILES string of the molecule is Cc1ccc(C)c(NC(=O)N2CC[C@H]3CCCC[C@@H]3C2)c1. The minimum atomic E-state index is 0.0766. The number of rotatable bonds is 1. The average molecular weight is 286 g/mol. The first-order valence-electron chi connectivity index (χ1n) is 8.26. The summed E-state index contributed by atoms with van der Waals surface area (Å²) in [5.41, 5.74) is 3.26. The van der Waals surface area contributed by atoms with Crippen LogP contribution in [0.25, 0.3) is 0 Å². The number of nitrogens with zero attached hydrogens (tertiary/aromatic N) is 1. The standard InChI is InChI=1S/C18H26N2O/c1-13-7-8-14(2)17(11-13)19-18(21)20-10-9-15-5-3-4-6-16(15)12-20/h7-8,11,15-16H,3-6,9-10,12H2,1-2H3,(H,19,21)/t15-,16-/m1/s1. The predicted molar refractivity (Wildman–Crippen MR) is 86.6 cm³/mol. The molecular weight excluding hydrogens is 260 g/mol. The molecule has 2 fully saturated rings. The molecule has 2 aliphatic rings. The highest BCUT2D eigenvalue weighted by atomic mass is 16.2. The number of benzene rings is 1. The van der Waals surface area contributed by atoms with Gasteiger partial charge in [-0.15, -0.1) is 0 Å². The van der Waals surface area contributed by atoms with Gasteiger partial charge in [0.2, 0.25) is 0 Å². The largest absolute Gasteiger partial charge is 0.324 e. The van der Waals surface area contributed by atoms with Gasteiger partial charge in [0.1, 0.15) is 0 Å². The number of nitrogens with one attached hydrogen (secondary N) is 1. The zero-order valence-electron chi connectivity index (χ0n) is 13.2. The molecule has 3 rings (SSSR count). The molecule has 21 heavy (non-hydrogen) atoms. The maximum absolute atomic E-state index is 12.5. The molecule has 114 valence electrons. The van der Waals surface area contributed by atoms with E-state index >= 15 is 0 Å². The fourth-order valence-electron chi connectivity index (χ4n) is 3.85. The van der Waals surface area contributed by atoms with Crippen LogP contribution in [-0.4, -0.2) is 24.0 Å². The van der Waals surface area contributed by atoms with E-state index in [0.717, 1.165) is 36.2 Å². The summed E-state index contributed by atoms with van der Waals surface area (Å²) in [6.07, 6.45) is 6.59. The molecule has 3 nitrogen and oxygen atoms in total. The lowest BCUT2D eigenvalue weighted by Crippen LogP contribution is -2.46. The van der Waals surface area contributed by atoms with E-state index in [4.69, 9.17) is 0 Å². The van der Waals surface area contributed by atoms with Crippen molar-refractivity contribution in [1.82, 2.24) is 4.90 Å². The molecule has 0 bridgehead atoms. The molecule has 1 N–H and O–H groups in total. The first kappa shape index (κ1) is 14.4. The third-order valence-corrected chi connectivity index (χ3v) is 5.21. The average Bonchev–Trinajstić information content (AvgIpc) is 2.50. The molecule has 2 amide bonds. The second-order valence-corrected chi connectivity index (χ2v) is 6.79. The zero-order valence-corrected chi connectivity index (χ0v) is 13.2. The number of amides is 2. The summed E-state index contributed by atoms with van der Waals surface area (Å²) in [6.45, 7) is 5.96. The molecule has 0 unspecified atom stereocenters. The Morgan fingerprint density at radius 1 is 1.14 bits per heavy atom. The van der Waals surface area contributed by atoms with Gasteiger partial charge in [0.15, 0.2) is 0 Å². The molecule has 1 aromatic rings. The number of anilines is 1. The molecule has 1 aromatic carbocycles. The van der Waals surface area contributed by atoms with Gasteiger partial charge in [-0.2, -0.15) is 0 Å². The molecule has 1 aliphatic heterocycles. The van der Waals surface area contributed by atoms with Crippen LogP contribution in [0.5, 0.6) is 0 Å². The first-order valence-corrected chi connectivity index (χ1v) is 8.26. The lowest BCUT2D eigenvalue weighted by atomic mass is 9.75. The number of carbonyl (C=O) groups is 1. The van der Waals surface area contributed by atoms with Gasteiger partial charge in [0.05, 0.1) is 0 Å². The van der Waals surface area contributed by atoms with Gasteiger partial charge < -0.3 is 10.2 Å². The fraction of sp³-hybridized carbons (Fsp3) is 0.611. The zero-order chi connectivity index (χ0) is 14.8. The Morgan fingerprint density at radius 2 is 1.90 bits per heavy atom. The van der Waals surface area contributed by atoms with Crippen molar-refractivity contribution in [3.05, 3.63) is 29.3 Å². The van der Waals surface area contributed by atoms with E-state index in [-0.39, 0.29) is 6.03 Å². The molecule has 2 atom stereocenters. The van der Waals surface area contributed by atoms with E-state index in [9.17, 15) is 4.79 Å². The summed E-state index contributed by atoms with van der Waals surface area (Å²) in [6, 6.07) is 6.28. The topological polar surface area (TPSA) is 32.3 Å². The maximum Gasteiger partial charge on any atom is 0.321 e. The summed E-state index contributed by atoms with van der Waals surface area (Å²) in [5.74, 6) is 1.60. The van der Waals surface area contributed by atoms with Crippen molar-refractivity contribution < 1.29 is 4.79 Å². The predicted octanol–water partition coefficient (Wildman–Crippen LogP) is 4.35. The number of hydrogen-bond donors (Lipinski definition) is 1. The highest BCUT2D eigenvalue weighted by Crippen LogP contribution is 2.36. The second kappa shape index (κ2) is 6.08. The minimum absolute atomic E-state index is 0.0766. The van der Waals surface area contributed by atoms with Gasteiger partial charge in [-0.1, -0.05) is 31.4 Å². The van der Waals surface area contributed by atoms with Gasteiger partial charge >= 0.3 is 6.03 Å². The van der Waals surface area contributed by atoms with Crippen molar-refractivity contribution in [2.24, 2.45) is 11.8 Å². The van der Waals surface area contributed by atoms with Crippen LogP contribution in [-0.2, 0) is 0 Å². The molecule has 1 saturated carbocycles. The smallest absolute Gasteiger partial charge is 0.321 e. The highest BCUT2D eigenvalue weighted by Gasteiger charge is 2.32. The van der Waals surface area contributed by atoms with E-state index < -0.39 is 0 Å². The Kier molecular flexibility index (Phi) is 4.18. The molecule has 1 heterocycles. The number of hydrogen-bond acceptors (Lipinski definition) is 1. The summed E-state index contributed by atoms with van der Waals surface area (Å²) in [7, 11) is 0.